The van der Waals surface area contributed by atoms with Crippen molar-refractivity contribution in [2.24, 2.45) is 11.3 Å². The van der Waals surface area contributed by atoms with Gasteiger partial charge in [0.2, 0.25) is 5.91 Å². The van der Waals surface area contributed by atoms with E-state index >= 15 is 0 Å². The highest BCUT2D eigenvalue weighted by Crippen LogP contribution is 2.44. The van der Waals surface area contributed by atoms with Gasteiger partial charge in [-0.1, -0.05) is 0 Å². The molecule has 90 valence electrons. The summed E-state index contributed by atoms with van der Waals surface area (Å²) in [6, 6.07) is 0. The number of amides is 1. The van der Waals surface area contributed by atoms with Gasteiger partial charge in [0.25, 0.3) is 0 Å². The molecule has 16 heavy (non-hydrogen) atoms. The Morgan fingerprint density at radius 3 is 2.75 bits per heavy atom. The lowest BCUT2D eigenvalue weighted by Gasteiger charge is -2.20. The average Bonchev–Trinajstić information content (AvgIpc) is 2.78. The average molecular weight is 225 g/mol. The monoisotopic (exact) mass is 225 g/mol. The zero-order valence-electron chi connectivity index (χ0n) is 9.45. The van der Waals surface area contributed by atoms with Crippen molar-refractivity contribution in [3.63, 3.8) is 0 Å². The van der Waals surface area contributed by atoms with Crippen molar-refractivity contribution in [1.82, 2.24) is 5.32 Å². The number of hydrogen-bond donors (Lipinski definition) is 2. The van der Waals surface area contributed by atoms with Crippen LogP contribution in [0.2, 0.25) is 0 Å². The number of hydrogen-bond acceptors (Lipinski definition) is 3. The van der Waals surface area contributed by atoms with Gasteiger partial charge in [-0.05, 0) is 32.1 Å². The Balaban J connectivity index is 1.50. The summed E-state index contributed by atoms with van der Waals surface area (Å²) in [5.41, 5.74) is 0.00807. The Hall–Kier alpha value is -0.610. The first kappa shape index (κ1) is 10.5. The largest absolute Gasteiger partial charge is 0.396 e. The van der Waals surface area contributed by atoms with Gasteiger partial charge in [-0.15, -0.1) is 0 Å². The Morgan fingerprint density at radius 1 is 1.44 bits per heavy atom. The third-order valence-electron chi connectivity index (χ3n) is 4.37. The van der Waals surface area contributed by atoms with Crippen LogP contribution in [0.15, 0.2) is 0 Å². The SMILES string of the molecule is O=C(NCC1(CO)CC1)C1CC2CCC1O2. The Kier molecular flexibility index (Phi) is 2.44. The van der Waals surface area contributed by atoms with Crippen molar-refractivity contribution in [1.29, 1.82) is 0 Å². The van der Waals surface area contributed by atoms with Gasteiger partial charge < -0.3 is 15.2 Å². The summed E-state index contributed by atoms with van der Waals surface area (Å²) in [5, 5.41) is 12.1. The van der Waals surface area contributed by atoms with Gasteiger partial charge in [-0.2, -0.15) is 0 Å². The molecule has 3 atom stereocenters. The fourth-order valence-electron chi connectivity index (χ4n) is 2.89. The fraction of sp³-hybridized carbons (Fsp3) is 0.917. The molecule has 3 aliphatic rings. The van der Waals surface area contributed by atoms with Crippen LogP contribution >= 0.6 is 0 Å². The topological polar surface area (TPSA) is 58.6 Å². The van der Waals surface area contributed by atoms with E-state index in [4.69, 9.17) is 9.84 Å². The van der Waals surface area contributed by atoms with E-state index < -0.39 is 0 Å². The van der Waals surface area contributed by atoms with Gasteiger partial charge in [-0.3, -0.25) is 4.79 Å². The van der Waals surface area contributed by atoms with E-state index in [9.17, 15) is 4.79 Å². The minimum atomic E-state index is 0.00807. The summed E-state index contributed by atoms with van der Waals surface area (Å²) in [6.07, 6.45) is 5.61. The van der Waals surface area contributed by atoms with Crippen molar-refractivity contribution in [3.8, 4) is 0 Å². The van der Waals surface area contributed by atoms with Crippen LogP contribution in [0.1, 0.15) is 32.1 Å². The Morgan fingerprint density at radius 2 is 2.25 bits per heavy atom. The molecule has 1 saturated carbocycles. The lowest BCUT2D eigenvalue weighted by atomic mass is 9.88. The molecule has 0 aromatic carbocycles. The fourth-order valence-corrected chi connectivity index (χ4v) is 2.89. The lowest BCUT2D eigenvalue weighted by molar-refractivity contribution is -0.126. The number of carbonyl (C=O) groups is 1. The van der Waals surface area contributed by atoms with Gasteiger partial charge >= 0.3 is 0 Å². The number of rotatable bonds is 4. The van der Waals surface area contributed by atoms with E-state index in [2.05, 4.69) is 5.32 Å². The van der Waals surface area contributed by atoms with Crippen LogP contribution in [-0.2, 0) is 9.53 Å². The normalized spacial score (nSPS) is 38.7. The third-order valence-corrected chi connectivity index (χ3v) is 4.37. The first-order chi connectivity index (χ1) is 7.72. The second-order valence-electron chi connectivity index (χ2n) is 5.59. The molecule has 2 saturated heterocycles. The van der Waals surface area contributed by atoms with Crippen LogP contribution in [0.3, 0.4) is 0 Å². The van der Waals surface area contributed by atoms with Crippen molar-refractivity contribution in [3.05, 3.63) is 0 Å². The molecule has 1 amide bonds. The molecule has 2 aliphatic heterocycles. The molecule has 0 radical (unpaired) electrons. The molecular formula is C12H19NO3. The van der Waals surface area contributed by atoms with Crippen molar-refractivity contribution in [2.45, 2.75) is 44.3 Å². The zero-order valence-corrected chi connectivity index (χ0v) is 9.45. The Labute approximate surface area is 95.4 Å². The first-order valence-electron chi connectivity index (χ1n) is 6.26. The van der Waals surface area contributed by atoms with Gasteiger partial charge in [0.1, 0.15) is 0 Å². The smallest absolute Gasteiger partial charge is 0.225 e. The van der Waals surface area contributed by atoms with Crippen LogP contribution in [0, 0.1) is 11.3 Å². The lowest BCUT2D eigenvalue weighted by Crippen LogP contribution is -2.39. The first-order valence-corrected chi connectivity index (χ1v) is 6.26. The summed E-state index contributed by atoms with van der Waals surface area (Å²) in [7, 11) is 0. The van der Waals surface area contributed by atoms with Crippen LogP contribution in [0.25, 0.3) is 0 Å². The van der Waals surface area contributed by atoms with E-state index in [-0.39, 0.29) is 30.0 Å². The third kappa shape index (κ3) is 1.74. The number of nitrogens with one attached hydrogen (secondary N) is 1. The summed E-state index contributed by atoms with van der Waals surface area (Å²) < 4.78 is 5.67. The predicted octanol–water partition coefficient (Wildman–Crippen LogP) is 0.443. The molecule has 3 fully saturated rings. The van der Waals surface area contributed by atoms with Crippen LogP contribution in [0.5, 0.6) is 0 Å². The van der Waals surface area contributed by atoms with E-state index in [1.807, 2.05) is 0 Å². The van der Waals surface area contributed by atoms with E-state index in [0.29, 0.717) is 12.6 Å². The summed E-state index contributed by atoms with van der Waals surface area (Å²) in [4.78, 5) is 12.0. The molecule has 4 nitrogen and oxygen atoms in total. The predicted molar refractivity (Wildman–Crippen MR) is 57.8 cm³/mol. The van der Waals surface area contributed by atoms with Crippen molar-refractivity contribution in [2.75, 3.05) is 13.2 Å². The molecule has 2 bridgehead atoms. The molecule has 0 aromatic heterocycles. The highest BCUT2D eigenvalue weighted by Gasteiger charge is 2.46. The maximum Gasteiger partial charge on any atom is 0.225 e. The van der Waals surface area contributed by atoms with E-state index in [0.717, 1.165) is 32.1 Å². The van der Waals surface area contributed by atoms with Gasteiger partial charge in [0.15, 0.2) is 0 Å². The van der Waals surface area contributed by atoms with E-state index in [1.165, 1.54) is 0 Å². The standard InChI is InChI=1S/C12H19NO3/c14-7-12(3-4-12)6-13-11(15)9-5-8-1-2-10(9)16-8/h8-10,14H,1-7H2,(H,13,15). The summed E-state index contributed by atoms with van der Waals surface area (Å²) in [5.74, 6) is 0.195. The second kappa shape index (κ2) is 3.70. The van der Waals surface area contributed by atoms with Gasteiger partial charge in [0.05, 0.1) is 24.7 Å². The molecule has 1 aliphatic carbocycles. The highest BCUT2D eigenvalue weighted by molar-refractivity contribution is 5.79. The zero-order chi connectivity index (χ0) is 11.2. The molecule has 2 heterocycles. The molecule has 2 N–H and O–H groups in total. The molecule has 3 rings (SSSR count). The van der Waals surface area contributed by atoms with E-state index in [1.54, 1.807) is 0 Å². The summed E-state index contributed by atoms with van der Waals surface area (Å²) in [6.45, 7) is 0.830. The summed E-state index contributed by atoms with van der Waals surface area (Å²) >= 11 is 0. The van der Waals surface area contributed by atoms with Crippen LogP contribution in [0.4, 0.5) is 0 Å². The minimum Gasteiger partial charge on any atom is -0.396 e. The number of ether oxygens (including phenoxy) is 1. The maximum atomic E-state index is 12.0. The number of aliphatic hydroxyl groups excluding tert-OH is 1. The maximum absolute atomic E-state index is 12.0. The number of aliphatic hydroxyl groups is 1. The van der Waals surface area contributed by atoms with Crippen molar-refractivity contribution >= 4 is 5.91 Å². The quantitative estimate of drug-likeness (QED) is 0.730. The molecule has 0 spiro atoms. The van der Waals surface area contributed by atoms with Crippen molar-refractivity contribution < 1.29 is 14.6 Å². The second-order valence-corrected chi connectivity index (χ2v) is 5.59. The number of carbonyl (C=O) groups excluding carboxylic acids is 1. The van der Waals surface area contributed by atoms with Gasteiger partial charge in [-0.25, -0.2) is 0 Å². The highest BCUT2D eigenvalue weighted by atomic mass is 16.5. The molecule has 3 unspecified atom stereocenters. The minimum absolute atomic E-state index is 0.00807. The Bertz CT molecular complexity index is 301. The van der Waals surface area contributed by atoms with Crippen LogP contribution in [-0.4, -0.2) is 36.4 Å². The van der Waals surface area contributed by atoms with Gasteiger partial charge in [0, 0.05) is 12.0 Å². The molecular weight excluding hydrogens is 206 g/mol. The number of fused-ring (bicyclic) bond motifs is 2. The molecule has 4 heteroatoms. The van der Waals surface area contributed by atoms with Crippen LogP contribution < -0.4 is 5.32 Å². The molecule has 0 aromatic rings.